The molecule has 0 spiro atoms. The van der Waals surface area contributed by atoms with Crippen LogP contribution in [0.3, 0.4) is 0 Å². The Balaban J connectivity index is 2.23. The van der Waals surface area contributed by atoms with Gasteiger partial charge >= 0.3 is 0 Å². The van der Waals surface area contributed by atoms with Gasteiger partial charge in [-0.2, -0.15) is 5.10 Å². The molecule has 1 unspecified atom stereocenters. The van der Waals surface area contributed by atoms with Crippen LogP contribution in [0, 0.1) is 6.92 Å². The third-order valence-corrected chi connectivity index (χ3v) is 3.93. The molecule has 2 aromatic rings. The molecule has 0 amide bonds. The van der Waals surface area contributed by atoms with Crippen molar-refractivity contribution in [2.75, 3.05) is 6.54 Å². The molecule has 110 valence electrons. The Hall–Kier alpha value is -1.26. The lowest BCUT2D eigenvalue weighted by atomic mass is 10.0. The fourth-order valence-corrected chi connectivity index (χ4v) is 2.57. The van der Waals surface area contributed by atoms with Crippen molar-refractivity contribution in [3.8, 4) is 0 Å². The number of nitrogens with zero attached hydrogens (tertiary/aromatic N) is 2. The average molecular weight is 296 g/mol. The lowest BCUT2D eigenvalue weighted by molar-refractivity contribution is 0.492. The maximum Gasteiger partial charge on any atom is 0.0950 e. The van der Waals surface area contributed by atoms with Gasteiger partial charge in [-0.1, -0.05) is 18.5 Å². The van der Waals surface area contributed by atoms with Gasteiger partial charge in [0.15, 0.2) is 0 Å². The number of nitrogens with one attached hydrogen (secondary N) is 1. The second-order valence-electron chi connectivity index (χ2n) is 4.93. The van der Waals surface area contributed by atoms with Gasteiger partial charge in [-0.15, -0.1) is 0 Å². The minimum atomic E-state index is 0.201. The summed E-state index contributed by atoms with van der Waals surface area (Å²) >= 11 is 6.40. The summed E-state index contributed by atoms with van der Waals surface area (Å²) < 4.78 is 7.19. The number of hydrogen-bond acceptors (Lipinski definition) is 3. The molecule has 2 aromatic heterocycles. The van der Waals surface area contributed by atoms with Gasteiger partial charge in [0.05, 0.1) is 28.9 Å². The Kier molecular flexibility index (Phi) is 5.26. The summed E-state index contributed by atoms with van der Waals surface area (Å²) in [6.45, 7) is 7.98. The molecule has 1 atom stereocenters. The molecule has 0 radical (unpaired) electrons. The third-order valence-electron chi connectivity index (χ3n) is 3.44. The standard InChI is InChI=1S/C15H22ClN3O/c1-4-7-17-13(12-6-8-20-10-12)9-14-15(16)11(3)18-19(14)5-2/h6,8,10,13,17H,4-5,7,9H2,1-3H3. The zero-order valence-corrected chi connectivity index (χ0v) is 13.1. The number of aromatic nitrogens is 2. The van der Waals surface area contributed by atoms with Crippen molar-refractivity contribution in [2.45, 2.75) is 46.2 Å². The van der Waals surface area contributed by atoms with Gasteiger partial charge in [0.25, 0.3) is 0 Å². The molecule has 0 bridgehead atoms. The molecule has 1 N–H and O–H groups in total. The average Bonchev–Trinajstić information content (AvgIpc) is 3.06. The fraction of sp³-hybridized carbons (Fsp3) is 0.533. The Morgan fingerprint density at radius 2 is 2.25 bits per heavy atom. The van der Waals surface area contributed by atoms with Crippen LogP contribution < -0.4 is 5.32 Å². The number of furan rings is 1. The largest absolute Gasteiger partial charge is 0.472 e. The van der Waals surface area contributed by atoms with Crippen LogP contribution >= 0.6 is 11.6 Å². The molecule has 4 nitrogen and oxygen atoms in total. The number of hydrogen-bond donors (Lipinski definition) is 1. The summed E-state index contributed by atoms with van der Waals surface area (Å²) in [6.07, 6.45) is 5.40. The van der Waals surface area contributed by atoms with E-state index in [0.29, 0.717) is 0 Å². The van der Waals surface area contributed by atoms with E-state index in [-0.39, 0.29) is 6.04 Å². The fourth-order valence-electron chi connectivity index (χ4n) is 2.36. The molecule has 20 heavy (non-hydrogen) atoms. The molecule has 0 saturated carbocycles. The van der Waals surface area contributed by atoms with Crippen LogP contribution in [0.2, 0.25) is 5.02 Å². The van der Waals surface area contributed by atoms with Gasteiger partial charge in [0.1, 0.15) is 0 Å². The maximum absolute atomic E-state index is 6.40. The third kappa shape index (κ3) is 3.25. The second kappa shape index (κ2) is 6.95. The lowest BCUT2D eigenvalue weighted by Crippen LogP contribution is -2.25. The summed E-state index contributed by atoms with van der Waals surface area (Å²) in [4.78, 5) is 0. The topological polar surface area (TPSA) is 43.0 Å². The van der Waals surface area contributed by atoms with Crippen LogP contribution in [0.4, 0.5) is 0 Å². The zero-order chi connectivity index (χ0) is 14.5. The molecule has 0 aromatic carbocycles. The number of aryl methyl sites for hydroxylation is 2. The van der Waals surface area contributed by atoms with E-state index >= 15 is 0 Å². The first kappa shape index (κ1) is 15.1. The van der Waals surface area contributed by atoms with E-state index in [1.807, 2.05) is 17.7 Å². The molecule has 0 saturated heterocycles. The summed E-state index contributed by atoms with van der Waals surface area (Å²) in [5, 5.41) is 8.80. The minimum Gasteiger partial charge on any atom is -0.472 e. The molecule has 2 heterocycles. The lowest BCUT2D eigenvalue weighted by Gasteiger charge is -2.18. The van der Waals surface area contributed by atoms with Crippen molar-refractivity contribution in [1.29, 1.82) is 0 Å². The highest BCUT2D eigenvalue weighted by molar-refractivity contribution is 6.31. The van der Waals surface area contributed by atoms with Crippen LogP contribution in [0.15, 0.2) is 23.0 Å². The summed E-state index contributed by atoms with van der Waals surface area (Å²) in [6, 6.07) is 2.20. The molecule has 0 aliphatic rings. The van der Waals surface area contributed by atoms with E-state index in [1.165, 1.54) is 0 Å². The van der Waals surface area contributed by atoms with E-state index < -0.39 is 0 Å². The second-order valence-corrected chi connectivity index (χ2v) is 5.31. The van der Waals surface area contributed by atoms with E-state index in [1.54, 1.807) is 12.5 Å². The molecule has 2 rings (SSSR count). The first-order valence-corrected chi connectivity index (χ1v) is 7.52. The van der Waals surface area contributed by atoms with Crippen LogP contribution in [0.25, 0.3) is 0 Å². The first-order chi connectivity index (χ1) is 9.67. The smallest absolute Gasteiger partial charge is 0.0950 e. The zero-order valence-electron chi connectivity index (χ0n) is 12.3. The number of rotatable bonds is 7. The Labute approximate surface area is 125 Å². The van der Waals surface area contributed by atoms with Gasteiger partial charge in [0, 0.05) is 24.6 Å². The number of halogens is 1. The normalized spacial score (nSPS) is 12.8. The van der Waals surface area contributed by atoms with E-state index in [2.05, 4.69) is 24.3 Å². The highest BCUT2D eigenvalue weighted by Gasteiger charge is 2.19. The van der Waals surface area contributed by atoms with Gasteiger partial charge in [-0.05, 0) is 32.9 Å². The molecule has 0 aliphatic carbocycles. The molecular formula is C15H22ClN3O. The van der Waals surface area contributed by atoms with Gasteiger partial charge in [-0.3, -0.25) is 4.68 Å². The van der Waals surface area contributed by atoms with Crippen molar-refractivity contribution >= 4 is 11.6 Å². The SMILES string of the molecule is CCCNC(Cc1c(Cl)c(C)nn1CC)c1ccoc1. The van der Waals surface area contributed by atoms with Crippen molar-refractivity contribution in [1.82, 2.24) is 15.1 Å². The predicted molar refractivity (Wildman–Crippen MR) is 81.1 cm³/mol. The van der Waals surface area contributed by atoms with Crippen molar-refractivity contribution in [3.63, 3.8) is 0 Å². The van der Waals surface area contributed by atoms with E-state index in [4.69, 9.17) is 16.0 Å². The molecule has 0 fully saturated rings. The van der Waals surface area contributed by atoms with Gasteiger partial charge < -0.3 is 9.73 Å². The maximum atomic E-state index is 6.40. The van der Waals surface area contributed by atoms with E-state index in [9.17, 15) is 0 Å². The quantitative estimate of drug-likeness (QED) is 0.846. The summed E-state index contributed by atoms with van der Waals surface area (Å²) in [5.74, 6) is 0. The molecule has 5 heteroatoms. The summed E-state index contributed by atoms with van der Waals surface area (Å²) in [7, 11) is 0. The first-order valence-electron chi connectivity index (χ1n) is 7.14. The van der Waals surface area contributed by atoms with Crippen LogP contribution in [0.1, 0.15) is 43.3 Å². The minimum absolute atomic E-state index is 0.201. The highest BCUT2D eigenvalue weighted by Crippen LogP contribution is 2.26. The van der Waals surface area contributed by atoms with E-state index in [0.717, 1.165) is 47.9 Å². The molecule has 0 aliphatic heterocycles. The van der Waals surface area contributed by atoms with Crippen molar-refractivity contribution in [3.05, 3.63) is 40.6 Å². The Morgan fingerprint density at radius 3 is 2.85 bits per heavy atom. The summed E-state index contributed by atoms with van der Waals surface area (Å²) in [5.41, 5.74) is 3.13. The van der Waals surface area contributed by atoms with Crippen LogP contribution in [-0.2, 0) is 13.0 Å². The van der Waals surface area contributed by atoms with Crippen molar-refractivity contribution in [2.24, 2.45) is 0 Å². The highest BCUT2D eigenvalue weighted by atomic mass is 35.5. The monoisotopic (exact) mass is 295 g/mol. The molecular weight excluding hydrogens is 274 g/mol. The Bertz CT molecular complexity index is 534. The van der Waals surface area contributed by atoms with Gasteiger partial charge in [-0.25, -0.2) is 0 Å². The Morgan fingerprint density at radius 1 is 1.45 bits per heavy atom. The van der Waals surface area contributed by atoms with Gasteiger partial charge in [0.2, 0.25) is 0 Å². The van der Waals surface area contributed by atoms with Crippen molar-refractivity contribution < 1.29 is 4.42 Å². The predicted octanol–water partition coefficient (Wildman–Crippen LogP) is 3.74. The van der Waals surface area contributed by atoms with Crippen LogP contribution in [-0.4, -0.2) is 16.3 Å². The van der Waals surface area contributed by atoms with Crippen LogP contribution in [0.5, 0.6) is 0 Å².